The summed E-state index contributed by atoms with van der Waals surface area (Å²) in [5, 5.41) is 6.11. The van der Waals surface area contributed by atoms with Gasteiger partial charge in [-0.3, -0.25) is 9.59 Å². The summed E-state index contributed by atoms with van der Waals surface area (Å²) < 4.78 is 83.6. The summed E-state index contributed by atoms with van der Waals surface area (Å²) in [6, 6.07) is 0.858. The van der Waals surface area contributed by atoms with E-state index in [9.17, 15) is 35.9 Å². The lowest BCUT2D eigenvalue weighted by Gasteiger charge is -2.22. The van der Waals surface area contributed by atoms with Crippen LogP contribution in [0, 0.1) is 5.82 Å². The Balaban J connectivity index is 1.87. The van der Waals surface area contributed by atoms with Gasteiger partial charge in [-0.2, -0.15) is 18.3 Å². The molecule has 2 heterocycles. The number of hydrogen-bond donors (Lipinski definition) is 1. The van der Waals surface area contributed by atoms with Gasteiger partial charge >= 0.3 is 6.18 Å². The minimum Gasteiger partial charge on any atom is -0.356 e. The van der Waals surface area contributed by atoms with Crippen LogP contribution < -0.4 is 16.4 Å². The number of fused-ring (bicyclic) bond motifs is 1. The monoisotopic (exact) mass is 458 g/mol. The fraction of sp³-hybridized carbons (Fsp3) is 0.350. The topological polar surface area (TPSA) is 68.9 Å². The molecule has 2 aromatic heterocycles. The molecule has 1 fully saturated rings. The maximum absolute atomic E-state index is 14.6. The van der Waals surface area contributed by atoms with E-state index in [4.69, 9.17) is 0 Å². The molecule has 0 aliphatic heterocycles. The Morgan fingerprint density at radius 1 is 1.16 bits per heavy atom. The summed E-state index contributed by atoms with van der Waals surface area (Å²) in [4.78, 5) is 24.7. The number of rotatable bonds is 5. The molecule has 1 aliphatic carbocycles. The zero-order valence-corrected chi connectivity index (χ0v) is 16.5. The summed E-state index contributed by atoms with van der Waals surface area (Å²) in [6.45, 7) is 0. The Bertz CT molecular complexity index is 1310. The first kappa shape index (κ1) is 21.9. The molecule has 1 saturated carbocycles. The molecular formula is C20H16F6N4O2. The van der Waals surface area contributed by atoms with Gasteiger partial charge in [0.05, 0.1) is 10.9 Å². The summed E-state index contributed by atoms with van der Waals surface area (Å²) in [5.41, 5.74) is -3.70. The molecule has 12 heteroatoms. The van der Waals surface area contributed by atoms with Crippen molar-refractivity contribution in [3.8, 4) is 0 Å². The zero-order valence-electron chi connectivity index (χ0n) is 16.5. The van der Waals surface area contributed by atoms with Crippen molar-refractivity contribution < 1.29 is 26.3 Å². The predicted molar refractivity (Wildman–Crippen MR) is 103 cm³/mol. The van der Waals surface area contributed by atoms with Crippen LogP contribution in [0.2, 0.25) is 0 Å². The SMILES string of the molecule is Cn1nc(N[C@H](c2cccc(C(F)(F)F)c2F)C(F)F)c2cn(C3CC3)c(=O)cc2c1=O. The molecule has 1 aromatic carbocycles. The van der Waals surface area contributed by atoms with Crippen LogP contribution in [0.15, 0.2) is 40.1 Å². The lowest BCUT2D eigenvalue weighted by atomic mass is 10.0. The number of halogens is 6. The van der Waals surface area contributed by atoms with Crippen molar-refractivity contribution >= 4 is 16.6 Å². The Labute approximate surface area is 176 Å². The van der Waals surface area contributed by atoms with Gasteiger partial charge in [-0.25, -0.2) is 17.9 Å². The van der Waals surface area contributed by atoms with E-state index >= 15 is 0 Å². The van der Waals surface area contributed by atoms with Crippen LogP contribution in [0.3, 0.4) is 0 Å². The molecule has 0 saturated heterocycles. The van der Waals surface area contributed by atoms with Crippen molar-refractivity contribution in [3.63, 3.8) is 0 Å². The first-order valence-corrected chi connectivity index (χ1v) is 9.52. The highest BCUT2D eigenvalue weighted by Crippen LogP contribution is 2.37. The van der Waals surface area contributed by atoms with Gasteiger partial charge in [0.15, 0.2) is 5.82 Å². The van der Waals surface area contributed by atoms with Crippen LogP contribution in [-0.2, 0) is 13.2 Å². The molecule has 0 unspecified atom stereocenters. The second-order valence-corrected chi connectivity index (χ2v) is 7.52. The lowest BCUT2D eigenvalue weighted by Crippen LogP contribution is -2.28. The summed E-state index contributed by atoms with van der Waals surface area (Å²) >= 11 is 0. The molecule has 1 N–H and O–H groups in total. The summed E-state index contributed by atoms with van der Waals surface area (Å²) in [5.74, 6) is -2.12. The molecule has 4 rings (SSSR count). The minimum atomic E-state index is -5.07. The van der Waals surface area contributed by atoms with Gasteiger partial charge in [0.25, 0.3) is 17.5 Å². The fourth-order valence-corrected chi connectivity index (χ4v) is 3.51. The maximum Gasteiger partial charge on any atom is 0.419 e. The Kier molecular flexibility index (Phi) is 5.25. The molecule has 0 amide bonds. The van der Waals surface area contributed by atoms with Crippen molar-refractivity contribution in [3.05, 3.63) is 68.1 Å². The molecule has 3 aromatic rings. The van der Waals surface area contributed by atoms with E-state index in [0.717, 1.165) is 35.7 Å². The summed E-state index contributed by atoms with van der Waals surface area (Å²) in [7, 11) is 1.22. The number of aromatic nitrogens is 3. The number of pyridine rings is 1. The van der Waals surface area contributed by atoms with Gasteiger partial charge < -0.3 is 9.88 Å². The molecule has 32 heavy (non-hydrogen) atoms. The molecule has 1 atom stereocenters. The number of anilines is 1. The number of nitrogens with one attached hydrogen (secondary N) is 1. The van der Waals surface area contributed by atoms with Crippen LogP contribution in [0.4, 0.5) is 32.2 Å². The van der Waals surface area contributed by atoms with Gasteiger partial charge in [0.1, 0.15) is 11.9 Å². The normalized spacial score (nSPS) is 15.4. The van der Waals surface area contributed by atoms with Gasteiger partial charge in [-0.1, -0.05) is 12.1 Å². The van der Waals surface area contributed by atoms with Crippen LogP contribution >= 0.6 is 0 Å². The van der Waals surface area contributed by atoms with E-state index in [1.54, 1.807) is 0 Å². The van der Waals surface area contributed by atoms with E-state index in [-0.39, 0.29) is 22.6 Å². The second-order valence-electron chi connectivity index (χ2n) is 7.52. The van der Waals surface area contributed by atoms with E-state index in [2.05, 4.69) is 10.4 Å². The van der Waals surface area contributed by atoms with E-state index in [0.29, 0.717) is 6.07 Å². The first-order chi connectivity index (χ1) is 15.0. The first-order valence-electron chi connectivity index (χ1n) is 9.52. The highest BCUT2D eigenvalue weighted by atomic mass is 19.4. The number of benzene rings is 1. The standard InChI is InChI=1S/C20H16F6N4O2/c1-29-19(32)11-7-14(31)30(9-5-6-9)8-12(11)18(28-29)27-16(17(22)23)10-3-2-4-13(15(10)21)20(24,25)26/h2-4,7-9,16-17H,5-6H2,1H3,(H,27,28)/t16-/m1/s1. The van der Waals surface area contributed by atoms with E-state index in [1.807, 2.05) is 0 Å². The van der Waals surface area contributed by atoms with Crippen LogP contribution in [0.1, 0.15) is 36.1 Å². The molecule has 0 bridgehead atoms. The van der Waals surface area contributed by atoms with Gasteiger partial charge in [-0.05, 0) is 18.9 Å². The third kappa shape index (κ3) is 3.84. The average Bonchev–Trinajstić information content (AvgIpc) is 3.54. The quantitative estimate of drug-likeness (QED) is 0.587. The third-order valence-electron chi connectivity index (χ3n) is 5.26. The van der Waals surface area contributed by atoms with Crippen molar-refractivity contribution in [2.75, 3.05) is 5.32 Å². The zero-order chi connectivity index (χ0) is 23.4. The Morgan fingerprint density at radius 3 is 2.44 bits per heavy atom. The molecule has 170 valence electrons. The minimum absolute atomic E-state index is 0.0256. The van der Waals surface area contributed by atoms with Crippen LogP contribution in [0.5, 0.6) is 0 Å². The molecule has 6 nitrogen and oxygen atoms in total. The average molecular weight is 458 g/mol. The van der Waals surface area contributed by atoms with Crippen LogP contribution in [-0.4, -0.2) is 20.8 Å². The largest absolute Gasteiger partial charge is 0.419 e. The van der Waals surface area contributed by atoms with Crippen molar-refractivity contribution in [2.24, 2.45) is 7.05 Å². The van der Waals surface area contributed by atoms with E-state index in [1.165, 1.54) is 17.8 Å². The number of aryl methyl sites for hydroxylation is 1. The third-order valence-corrected chi connectivity index (χ3v) is 5.26. The lowest BCUT2D eigenvalue weighted by molar-refractivity contribution is -0.140. The number of hydrogen-bond acceptors (Lipinski definition) is 4. The predicted octanol–water partition coefficient (Wildman–Crippen LogP) is 4.01. The van der Waals surface area contributed by atoms with Crippen molar-refractivity contribution in [2.45, 2.75) is 37.5 Å². The second kappa shape index (κ2) is 7.68. The fourth-order valence-electron chi connectivity index (χ4n) is 3.51. The maximum atomic E-state index is 14.6. The molecule has 0 spiro atoms. The van der Waals surface area contributed by atoms with E-state index < -0.39 is 46.7 Å². The molecule has 1 aliphatic rings. The Morgan fingerprint density at radius 2 is 1.84 bits per heavy atom. The van der Waals surface area contributed by atoms with Gasteiger partial charge in [0.2, 0.25) is 0 Å². The summed E-state index contributed by atoms with van der Waals surface area (Å²) in [6.07, 6.45) is -5.65. The number of nitrogens with zero attached hydrogens (tertiary/aromatic N) is 3. The van der Waals surface area contributed by atoms with Crippen molar-refractivity contribution in [1.29, 1.82) is 0 Å². The van der Waals surface area contributed by atoms with Gasteiger partial charge in [-0.15, -0.1) is 0 Å². The van der Waals surface area contributed by atoms with Crippen LogP contribution in [0.25, 0.3) is 10.8 Å². The van der Waals surface area contributed by atoms with Crippen molar-refractivity contribution in [1.82, 2.24) is 14.3 Å². The van der Waals surface area contributed by atoms with Gasteiger partial charge in [0, 0.05) is 36.3 Å². The number of alkyl halides is 5. The smallest absolute Gasteiger partial charge is 0.356 e. The molecule has 0 radical (unpaired) electrons. The Hall–Kier alpha value is -3.31. The highest BCUT2D eigenvalue weighted by molar-refractivity contribution is 5.90. The molecular weight excluding hydrogens is 442 g/mol. The highest BCUT2D eigenvalue weighted by Gasteiger charge is 2.37.